The summed E-state index contributed by atoms with van der Waals surface area (Å²) in [7, 11) is 1.41. The van der Waals surface area contributed by atoms with Crippen LogP contribution in [0.4, 0.5) is 0 Å². The number of unbranched alkanes of at least 4 members (excludes halogenated alkanes) is 5. The van der Waals surface area contributed by atoms with E-state index in [4.69, 9.17) is 4.74 Å². The molecule has 0 aromatic heterocycles. The number of ether oxygens (including phenoxy) is 2. The zero-order chi connectivity index (χ0) is 20.8. The van der Waals surface area contributed by atoms with Gasteiger partial charge in [0.2, 0.25) is 0 Å². The van der Waals surface area contributed by atoms with E-state index < -0.39 is 0 Å². The first-order valence-corrected chi connectivity index (χ1v) is 10.6. The summed E-state index contributed by atoms with van der Waals surface area (Å²) in [6.07, 6.45) is 16.5. The third-order valence-electron chi connectivity index (χ3n) is 5.14. The fraction of sp³-hybridized carbons (Fsp3) is 0.696. The average molecular weight is 393 g/mol. The van der Waals surface area contributed by atoms with Crippen LogP contribution >= 0.6 is 0 Å². The summed E-state index contributed by atoms with van der Waals surface area (Å²) in [6.45, 7) is 3.58. The Bertz CT molecular complexity index is 549. The Morgan fingerprint density at radius 1 is 1.14 bits per heavy atom. The summed E-state index contributed by atoms with van der Waals surface area (Å²) in [4.78, 5) is 34.6. The van der Waals surface area contributed by atoms with E-state index in [1.807, 2.05) is 18.2 Å². The van der Waals surface area contributed by atoms with Gasteiger partial charge in [0.05, 0.1) is 7.11 Å². The number of esters is 2. The minimum atomic E-state index is -0.271. The Kier molecular flexibility index (Phi) is 12.2. The molecule has 0 saturated heterocycles. The number of carbonyl (C=O) groups is 3. The van der Waals surface area contributed by atoms with Crippen molar-refractivity contribution in [1.82, 2.24) is 0 Å². The maximum Gasteiger partial charge on any atom is 0.305 e. The van der Waals surface area contributed by atoms with Gasteiger partial charge in [0.15, 0.2) is 5.78 Å². The number of allylic oxidation sites excluding steroid dienone is 3. The highest BCUT2D eigenvalue weighted by atomic mass is 16.5. The molecule has 0 aromatic carbocycles. The summed E-state index contributed by atoms with van der Waals surface area (Å²) in [5, 5.41) is 0. The normalized spacial score (nSPS) is 19.9. The van der Waals surface area contributed by atoms with Crippen LogP contribution in [0.25, 0.3) is 0 Å². The standard InChI is InChI=1S/C23H36O5/c1-4-5-8-11-20(28-18(2)24)16-14-19-15-17-22(25)21(19)12-9-6-7-10-13-23(26)27-3/h14-17,19-21H,4-13H2,1-3H3/b16-14+/t19-,20?,21+/m0/s1. The first-order chi connectivity index (χ1) is 13.5. The molecule has 1 unspecified atom stereocenters. The number of hydrogen-bond donors (Lipinski definition) is 0. The number of carbonyl (C=O) groups excluding carboxylic acids is 3. The van der Waals surface area contributed by atoms with Crippen molar-refractivity contribution in [2.75, 3.05) is 7.11 Å². The Labute approximate surface area is 169 Å². The predicted molar refractivity (Wildman–Crippen MR) is 110 cm³/mol. The average Bonchev–Trinajstić information content (AvgIpc) is 3.01. The molecule has 28 heavy (non-hydrogen) atoms. The lowest BCUT2D eigenvalue weighted by molar-refractivity contribution is -0.144. The second-order valence-corrected chi connectivity index (χ2v) is 7.50. The fourth-order valence-corrected chi connectivity index (χ4v) is 3.53. The van der Waals surface area contributed by atoms with E-state index in [2.05, 4.69) is 11.7 Å². The molecule has 1 rings (SSSR count). The topological polar surface area (TPSA) is 69.7 Å². The lowest BCUT2D eigenvalue weighted by atomic mass is 9.88. The van der Waals surface area contributed by atoms with Crippen LogP contribution in [-0.2, 0) is 23.9 Å². The SMILES string of the molecule is CCCCCC(/C=C/[C@H]1C=CC(=O)[C@@H]1CCCCCCC(=O)OC)OC(C)=O. The van der Waals surface area contributed by atoms with Crippen molar-refractivity contribution in [3.05, 3.63) is 24.3 Å². The molecule has 5 nitrogen and oxygen atoms in total. The second-order valence-electron chi connectivity index (χ2n) is 7.50. The van der Waals surface area contributed by atoms with Crippen molar-refractivity contribution in [3.63, 3.8) is 0 Å². The van der Waals surface area contributed by atoms with Crippen molar-refractivity contribution in [2.45, 2.75) is 84.2 Å². The lowest BCUT2D eigenvalue weighted by Crippen LogP contribution is -2.17. The van der Waals surface area contributed by atoms with Crippen LogP contribution in [0.1, 0.15) is 78.1 Å². The van der Waals surface area contributed by atoms with Crippen LogP contribution in [0.5, 0.6) is 0 Å². The van der Waals surface area contributed by atoms with Gasteiger partial charge in [0.1, 0.15) is 6.10 Å². The highest BCUT2D eigenvalue weighted by molar-refractivity contribution is 5.94. The molecule has 0 aliphatic heterocycles. The highest BCUT2D eigenvalue weighted by Crippen LogP contribution is 2.29. The van der Waals surface area contributed by atoms with Crippen LogP contribution in [-0.4, -0.2) is 30.9 Å². The summed E-state index contributed by atoms with van der Waals surface area (Å²) in [5.41, 5.74) is 0. The summed E-state index contributed by atoms with van der Waals surface area (Å²) in [6, 6.07) is 0. The van der Waals surface area contributed by atoms with Crippen LogP contribution in [0, 0.1) is 11.8 Å². The lowest BCUT2D eigenvalue weighted by Gasteiger charge is -2.17. The molecule has 3 atom stereocenters. The maximum atomic E-state index is 12.2. The molecular weight excluding hydrogens is 356 g/mol. The van der Waals surface area contributed by atoms with E-state index in [9.17, 15) is 14.4 Å². The Balaban J connectivity index is 2.45. The minimum absolute atomic E-state index is 0.0227. The zero-order valence-corrected chi connectivity index (χ0v) is 17.7. The van der Waals surface area contributed by atoms with Crippen LogP contribution in [0.2, 0.25) is 0 Å². The summed E-state index contributed by atoms with van der Waals surface area (Å²) >= 11 is 0. The molecule has 0 amide bonds. The summed E-state index contributed by atoms with van der Waals surface area (Å²) in [5.74, 6) is -0.203. The van der Waals surface area contributed by atoms with E-state index in [1.165, 1.54) is 14.0 Å². The molecule has 0 N–H and O–H groups in total. The number of methoxy groups -OCH3 is 1. The van der Waals surface area contributed by atoms with Gasteiger partial charge in [-0.15, -0.1) is 0 Å². The minimum Gasteiger partial charge on any atom is -0.469 e. The van der Waals surface area contributed by atoms with Crippen molar-refractivity contribution in [1.29, 1.82) is 0 Å². The van der Waals surface area contributed by atoms with E-state index in [0.29, 0.717) is 6.42 Å². The fourth-order valence-electron chi connectivity index (χ4n) is 3.53. The van der Waals surface area contributed by atoms with Crippen LogP contribution in [0.15, 0.2) is 24.3 Å². The smallest absolute Gasteiger partial charge is 0.305 e. The van der Waals surface area contributed by atoms with Crippen molar-refractivity contribution in [3.8, 4) is 0 Å². The predicted octanol–water partition coefficient (Wildman–Crippen LogP) is 4.94. The van der Waals surface area contributed by atoms with E-state index >= 15 is 0 Å². The molecule has 0 aromatic rings. The second kappa shape index (κ2) is 14.1. The molecule has 0 saturated carbocycles. The number of ketones is 1. The Hall–Kier alpha value is -1.91. The van der Waals surface area contributed by atoms with Crippen molar-refractivity contribution >= 4 is 17.7 Å². The zero-order valence-electron chi connectivity index (χ0n) is 17.7. The van der Waals surface area contributed by atoms with E-state index in [1.54, 1.807) is 6.08 Å². The molecule has 0 radical (unpaired) electrons. The molecular formula is C23H36O5. The van der Waals surface area contributed by atoms with Gasteiger partial charge in [0, 0.05) is 25.2 Å². The van der Waals surface area contributed by atoms with E-state index in [0.717, 1.165) is 57.8 Å². The van der Waals surface area contributed by atoms with E-state index in [-0.39, 0.29) is 35.7 Å². The molecule has 0 spiro atoms. The van der Waals surface area contributed by atoms with Gasteiger partial charge in [-0.25, -0.2) is 0 Å². The molecule has 1 aliphatic carbocycles. The van der Waals surface area contributed by atoms with Gasteiger partial charge in [0.25, 0.3) is 0 Å². The Morgan fingerprint density at radius 3 is 2.57 bits per heavy atom. The molecule has 158 valence electrons. The van der Waals surface area contributed by atoms with Gasteiger partial charge in [-0.2, -0.15) is 0 Å². The van der Waals surface area contributed by atoms with Gasteiger partial charge in [-0.3, -0.25) is 14.4 Å². The first-order valence-electron chi connectivity index (χ1n) is 10.6. The first kappa shape index (κ1) is 24.1. The van der Waals surface area contributed by atoms with Gasteiger partial charge < -0.3 is 9.47 Å². The van der Waals surface area contributed by atoms with Crippen molar-refractivity contribution < 1.29 is 23.9 Å². The molecule has 0 fully saturated rings. The third kappa shape index (κ3) is 9.86. The molecule has 0 bridgehead atoms. The summed E-state index contributed by atoms with van der Waals surface area (Å²) < 4.78 is 10.0. The number of rotatable bonds is 14. The highest BCUT2D eigenvalue weighted by Gasteiger charge is 2.27. The maximum absolute atomic E-state index is 12.2. The quantitative estimate of drug-likeness (QED) is 0.238. The van der Waals surface area contributed by atoms with Crippen LogP contribution < -0.4 is 0 Å². The Morgan fingerprint density at radius 2 is 1.89 bits per heavy atom. The molecule has 5 heteroatoms. The monoisotopic (exact) mass is 392 g/mol. The van der Waals surface area contributed by atoms with Gasteiger partial charge >= 0.3 is 11.9 Å². The van der Waals surface area contributed by atoms with Gasteiger partial charge in [-0.1, -0.05) is 51.2 Å². The molecule has 0 heterocycles. The van der Waals surface area contributed by atoms with Crippen molar-refractivity contribution in [2.24, 2.45) is 11.8 Å². The third-order valence-corrected chi connectivity index (χ3v) is 5.14. The molecule has 1 aliphatic rings. The number of hydrogen-bond acceptors (Lipinski definition) is 5. The van der Waals surface area contributed by atoms with Crippen LogP contribution in [0.3, 0.4) is 0 Å². The largest absolute Gasteiger partial charge is 0.469 e. The van der Waals surface area contributed by atoms with Gasteiger partial charge in [-0.05, 0) is 37.8 Å².